The molecule has 1 saturated heterocycles. The summed E-state index contributed by atoms with van der Waals surface area (Å²) in [5, 5.41) is 3.76. The highest BCUT2D eigenvalue weighted by atomic mass is 16.6. The number of aldehydes is 1. The molecule has 2 aromatic heterocycles. The first kappa shape index (κ1) is 21.0. The maximum absolute atomic E-state index is 13.6. The van der Waals surface area contributed by atoms with E-state index in [1.807, 2.05) is 67.1 Å². The SMILES string of the molecule is COC(=O)[C@]1(C=O)C[C@@H]2O[C@@]1(C)n1c3ccccc3c3c4c(c5c6ccccc6n2c5c31)C(=O)N(C)C4. The Morgan fingerprint density at radius 2 is 1.73 bits per heavy atom. The van der Waals surface area contributed by atoms with Crippen molar-refractivity contribution in [1.82, 2.24) is 14.0 Å². The van der Waals surface area contributed by atoms with Crippen molar-refractivity contribution in [2.24, 2.45) is 5.41 Å². The first-order valence-corrected chi connectivity index (χ1v) is 12.4. The number of esters is 1. The van der Waals surface area contributed by atoms with Gasteiger partial charge in [0.2, 0.25) is 0 Å². The van der Waals surface area contributed by atoms with Gasteiger partial charge in [0.05, 0.1) is 34.7 Å². The number of benzene rings is 3. The molecule has 8 heteroatoms. The van der Waals surface area contributed by atoms with Crippen LogP contribution in [-0.2, 0) is 31.3 Å². The van der Waals surface area contributed by atoms with E-state index in [9.17, 15) is 14.4 Å². The van der Waals surface area contributed by atoms with Crippen LogP contribution in [0.1, 0.15) is 35.5 Å². The number of fused-ring (bicyclic) bond motifs is 13. The summed E-state index contributed by atoms with van der Waals surface area (Å²) in [6.45, 7) is 2.29. The van der Waals surface area contributed by atoms with Crippen LogP contribution < -0.4 is 0 Å². The molecule has 2 bridgehead atoms. The van der Waals surface area contributed by atoms with E-state index in [1.165, 1.54) is 7.11 Å². The lowest BCUT2D eigenvalue weighted by Crippen LogP contribution is -2.51. The summed E-state index contributed by atoms with van der Waals surface area (Å²) in [6.07, 6.45) is 0.204. The van der Waals surface area contributed by atoms with Crippen molar-refractivity contribution in [3.05, 3.63) is 59.7 Å². The molecule has 0 radical (unpaired) electrons. The van der Waals surface area contributed by atoms with Gasteiger partial charge in [-0.15, -0.1) is 0 Å². The van der Waals surface area contributed by atoms with Crippen LogP contribution in [0.25, 0.3) is 43.6 Å². The van der Waals surface area contributed by atoms with Crippen LogP contribution in [0.5, 0.6) is 0 Å². The van der Waals surface area contributed by atoms with E-state index in [4.69, 9.17) is 9.47 Å². The van der Waals surface area contributed by atoms with Crippen molar-refractivity contribution < 1.29 is 23.9 Å². The Labute approximate surface area is 210 Å². The second-order valence-corrected chi connectivity index (χ2v) is 10.5. The number of carbonyl (C=O) groups is 3. The Balaban J connectivity index is 1.73. The Kier molecular flexibility index (Phi) is 3.62. The lowest BCUT2D eigenvalue weighted by atomic mass is 9.77. The highest BCUT2D eigenvalue weighted by Crippen LogP contribution is 2.60. The summed E-state index contributed by atoms with van der Waals surface area (Å²) in [7, 11) is 3.13. The van der Waals surface area contributed by atoms with Crippen LogP contribution in [0.15, 0.2) is 48.5 Å². The number of para-hydroxylation sites is 2. The molecule has 0 N–H and O–H groups in total. The highest BCUT2D eigenvalue weighted by molar-refractivity contribution is 6.31. The number of methoxy groups -OCH3 is 1. The summed E-state index contributed by atoms with van der Waals surface area (Å²) in [4.78, 5) is 41.7. The molecule has 3 atom stereocenters. The van der Waals surface area contributed by atoms with E-state index in [2.05, 4.69) is 4.57 Å². The third-order valence-electron chi connectivity index (χ3n) is 8.97. The lowest BCUT2D eigenvalue weighted by molar-refractivity contribution is -0.180. The van der Waals surface area contributed by atoms with Crippen LogP contribution in [0.2, 0.25) is 0 Å². The van der Waals surface area contributed by atoms with Crippen LogP contribution in [0.3, 0.4) is 0 Å². The summed E-state index contributed by atoms with van der Waals surface area (Å²) in [5.74, 6) is -0.624. The zero-order valence-corrected chi connectivity index (χ0v) is 20.6. The van der Waals surface area contributed by atoms with Gasteiger partial charge in [-0.2, -0.15) is 0 Å². The number of carbonyl (C=O) groups excluding carboxylic acids is 3. The predicted molar refractivity (Wildman–Crippen MR) is 137 cm³/mol. The quantitative estimate of drug-likeness (QED) is 0.206. The monoisotopic (exact) mass is 493 g/mol. The fourth-order valence-corrected chi connectivity index (χ4v) is 7.36. The van der Waals surface area contributed by atoms with Crippen molar-refractivity contribution in [1.29, 1.82) is 0 Å². The number of nitrogens with zero attached hydrogens (tertiary/aromatic N) is 3. The van der Waals surface area contributed by atoms with Gasteiger partial charge >= 0.3 is 5.97 Å². The normalized spacial score (nSPS) is 26.1. The molecule has 8 rings (SSSR count). The summed E-state index contributed by atoms with van der Waals surface area (Å²) in [6, 6.07) is 15.9. The molecule has 0 unspecified atom stereocenters. The van der Waals surface area contributed by atoms with Gasteiger partial charge in [-0.1, -0.05) is 36.4 Å². The Hall–Kier alpha value is -4.17. The van der Waals surface area contributed by atoms with Crippen molar-refractivity contribution in [2.45, 2.75) is 31.8 Å². The number of ether oxygens (including phenoxy) is 2. The van der Waals surface area contributed by atoms with Crippen molar-refractivity contribution in [3.8, 4) is 0 Å². The zero-order chi connectivity index (χ0) is 25.4. The number of amides is 1. The van der Waals surface area contributed by atoms with E-state index < -0.39 is 23.3 Å². The molecule has 0 saturated carbocycles. The molecule has 1 fully saturated rings. The molecule has 0 aliphatic carbocycles. The molecule has 3 aromatic carbocycles. The predicted octanol–water partition coefficient (Wildman–Crippen LogP) is 4.45. The highest BCUT2D eigenvalue weighted by Gasteiger charge is 2.66. The molecule has 8 nitrogen and oxygen atoms in total. The van der Waals surface area contributed by atoms with E-state index >= 15 is 0 Å². The van der Waals surface area contributed by atoms with Gasteiger partial charge in [-0.05, 0) is 24.6 Å². The van der Waals surface area contributed by atoms with E-state index in [1.54, 1.807) is 4.90 Å². The summed E-state index contributed by atoms with van der Waals surface area (Å²) < 4.78 is 16.2. The maximum atomic E-state index is 13.6. The molecule has 37 heavy (non-hydrogen) atoms. The Morgan fingerprint density at radius 1 is 1.05 bits per heavy atom. The minimum Gasteiger partial charge on any atom is -0.468 e. The summed E-state index contributed by atoms with van der Waals surface area (Å²) >= 11 is 0. The smallest absolute Gasteiger partial charge is 0.324 e. The minimum absolute atomic E-state index is 0.00466. The Bertz CT molecular complexity index is 1920. The molecular formula is C29H23N3O5. The van der Waals surface area contributed by atoms with Gasteiger partial charge in [-0.25, -0.2) is 0 Å². The van der Waals surface area contributed by atoms with E-state index in [0.717, 1.165) is 54.7 Å². The molecule has 3 aliphatic rings. The van der Waals surface area contributed by atoms with Crippen molar-refractivity contribution in [3.63, 3.8) is 0 Å². The second kappa shape index (κ2) is 6.39. The summed E-state index contributed by atoms with van der Waals surface area (Å²) in [5.41, 5.74) is 2.26. The van der Waals surface area contributed by atoms with Crippen molar-refractivity contribution >= 4 is 61.8 Å². The fourth-order valence-electron chi connectivity index (χ4n) is 7.36. The molecule has 3 aliphatic heterocycles. The van der Waals surface area contributed by atoms with E-state index in [0.29, 0.717) is 12.8 Å². The molecule has 5 heterocycles. The standard InChI is InChI=1S/C29H23N3O5/c1-28-29(14-33,27(35)36-3)12-20(37-28)31-18-10-6-4-8-15(18)22-23-17(13-30(2)26(23)34)21-16-9-5-7-11-19(16)32(28)25(21)24(22)31/h4-11,14,20H,12-13H2,1-3H3/t20-,28+,29+/m0/s1. The topological polar surface area (TPSA) is 82.8 Å². The van der Waals surface area contributed by atoms with Gasteiger partial charge in [0.15, 0.2) is 11.1 Å². The zero-order valence-electron chi connectivity index (χ0n) is 20.6. The lowest BCUT2D eigenvalue weighted by Gasteiger charge is -2.37. The third kappa shape index (κ3) is 2.04. The van der Waals surface area contributed by atoms with Crippen LogP contribution in [0, 0.1) is 5.41 Å². The number of hydrogen-bond donors (Lipinski definition) is 0. The maximum Gasteiger partial charge on any atom is 0.324 e. The van der Waals surface area contributed by atoms with Gasteiger partial charge in [0.25, 0.3) is 5.91 Å². The van der Waals surface area contributed by atoms with Crippen LogP contribution in [0.4, 0.5) is 0 Å². The average Bonchev–Trinajstić information content (AvgIpc) is 3.58. The van der Waals surface area contributed by atoms with Crippen molar-refractivity contribution in [2.75, 3.05) is 14.2 Å². The van der Waals surface area contributed by atoms with Gasteiger partial charge in [0, 0.05) is 41.6 Å². The minimum atomic E-state index is -1.57. The Morgan fingerprint density at radius 3 is 2.43 bits per heavy atom. The largest absolute Gasteiger partial charge is 0.468 e. The van der Waals surface area contributed by atoms with E-state index in [-0.39, 0.29) is 12.3 Å². The molecular weight excluding hydrogens is 470 g/mol. The second-order valence-electron chi connectivity index (χ2n) is 10.5. The molecule has 184 valence electrons. The van der Waals surface area contributed by atoms with Crippen LogP contribution in [-0.4, -0.2) is 46.4 Å². The van der Waals surface area contributed by atoms with Gasteiger partial charge in [0.1, 0.15) is 12.5 Å². The first-order valence-electron chi connectivity index (χ1n) is 12.4. The molecule has 1 amide bonds. The average molecular weight is 494 g/mol. The molecule has 5 aromatic rings. The molecule has 0 spiro atoms. The van der Waals surface area contributed by atoms with Gasteiger partial charge < -0.3 is 28.3 Å². The van der Waals surface area contributed by atoms with Gasteiger partial charge in [-0.3, -0.25) is 9.59 Å². The third-order valence-corrected chi connectivity index (χ3v) is 8.97. The number of aromatic nitrogens is 2. The fraction of sp³-hybridized carbons (Fsp3) is 0.276. The number of rotatable bonds is 2. The number of hydrogen-bond acceptors (Lipinski definition) is 5. The van der Waals surface area contributed by atoms with Crippen LogP contribution >= 0.6 is 0 Å². The first-order chi connectivity index (χ1) is 17.9.